The number of carbonyl (C=O) groups is 1. The first-order valence-electron chi connectivity index (χ1n) is 8.45. The van der Waals surface area contributed by atoms with Crippen LogP contribution in [0.3, 0.4) is 0 Å². The molecule has 4 rings (SSSR count). The third-order valence-electron chi connectivity index (χ3n) is 5.19. The van der Waals surface area contributed by atoms with Crippen molar-refractivity contribution in [3.8, 4) is 0 Å². The molecule has 1 aliphatic carbocycles. The summed E-state index contributed by atoms with van der Waals surface area (Å²) in [5.74, 6) is 1.82. The molecule has 0 aromatic carbocycles. The minimum Gasteiger partial charge on any atom is -0.467 e. The van der Waals surface area contributed by atoms with E-state index in [-0.39, 0.29) is 17.9 Å². The lowest BCUT2D eigenvalue weighted by Crippen LogP contribution is -2.53. The molecule has 3 fully saturated rings. The Morgan fingerprint density at radius 1 is 1.36 bits per heavy atom. The second-order valence-corrected chi connectivity index (χ2v) is 6.89. The van der Waals surface area contributed by atoms with Gasteiger partial charge in [0.1, 0.15) is 5.76 Å². The van der Waals surface area contributed by atoms with Crippen LogP contribution in [0.15, 0.2) is 22.8 Å². The maximum atomic E-state index is 12.5. The molecule has 2 saturated heterocycles. The van der Waals surface area contributed by atoms with Gasteiger partial charge in [-0.2, -0.15) is 0 Å². The molecule has 3 atom stereocenters. The molecule has 1 amide bonds. The van der Waals surface area contributed by atoms with Gasteiger partial charge in [0.15, 0.2) is 0 Å². The fourth-order valence-electron chi connectivity index (χ4n) is 3.82. The molecule has 1 aromatic heterocycles. The molecular formula is C17H24N2O3. The normalized spacial score (nSPS) is 31.9. The Bertz CT molecular complexity index is 512. The third kappa shape index (κ3) is 3.06. The first kappa shape index (κ1) is 14.3. The van der Waals surface area contributed by atoms with E-state index in [1.165, 1.54) is 12.8 Å². The minimum absolute atomic E-state index is 0.0352. The van der Waals surface area contributed by atoms with Gasteiger partial charge in [0.2, 0.25) is 5.91 Å². The number of rotatable bonds is 5. The summed E-state index contributed by atoms with van der Waals surface area (Å²) in [5, 5.41) is 3.01. The highest BCUT2D eigenvalue weighted by atomic mass is 16.5. The Hall–Kier alpha value is -1.33. The first-order valence-corrected chi connectivity index (χ1v) is 8.45. The summed E-state index contributed by atoms with van der Waals surface area (Å²) in [4.78, 5) is 15.0. The number of fused-ring (bicyclic) bond motifs is 1. The number of ether oxygens (including phenoxy) is 1. The van der Waals surface area contributed by atoms with Crippen LogP contribution in [0.2, 0.25) is 0 Å². The van der Waals surface area contributed by atoms with Gasteiger partial charge in [-0.15, -0.1) is 0 Å². The average Bonchev–Trinajstić information content (AvgIpc) is 3.03. The number of nitrogens with zero attached hydrogens (tertiary/aromatic N) is 1. The molecule has 3 heterocycles. The smallest absolute Gasteiger partial charge is 0.224 e. The molecule has 0 spiro atoms. The first-order chi connectivity index (χ1) is 10.8. The number of hydrogen-bond acceptors (Lipinski definition) is 4. The van der Waals surface area contributed by atoms with Crippen LogP contribution in [-0.2, 0) is 16.1 Å². The highest BCUT2D eigenvalue weighted by molar-refractivity contribution is 5.79. The Morgan fingerprint density at radius 3 is 3.05 bits per heavy atom. The molecule has 3 aliphatic rings. The van der Waals surface area contributed by atoms with Gasteiger partial charge in [0.05, 0.1) is 24.8 Å². The summed E-state index contributed by atoms with van der Waals surface area (Å²) in [6.45, 7) is 3.34. The monoisotopic (exact) mass is 304 g/mol. The summed E-state index contributed by atoms with van der Waals surface area (Å²) < 4.78 is 11.2. The molecule has 5 heteroatoms. The lowest BCUT2D eigenvalue weighted by atomic mass is 9.89. The summed E-state index contributed by atoms with van der Waals surface area (Å²) in [6, 6.07) is 4.27. The Kier molecular flexibility index (Phi) is 3.92. The molecule has 120 valence electrons. The minimum atomic E-state index is 0.0352. The predicted octanol–water partition coefficient (Wildman–Crippen LogP) is 1.79. The zero-order valence-electron chi connectivity index (χ0n) is 12.9. The van der Waals surface area contributed by atoms with Crippen LogP contribution >= 0.6 is 0 Å². The number of carbonyl (C=O) groups excluding carboxylic acids is 1. The molecule has 1 saturated carbocycles. The second-order valence-electron chi connectivity index (χ2n) is 6.89. The number of likely N-dealkylation sites (tertiary alicyclic amines) is 1. The zero-order chi connectivity index (χ0) is 14.9. The number of amides is 1. The molecule has 2 aliphatic heterocycles. The fourth-order valence-corrected chi connectivity index (χ4v) is 3.82. The van der Waals surface area contributed by atoms with Crippen molar-refractivity contribution in [2.24, 2.45) is 11.8 Å². The van der Waals surface area contributed by atoms with Gasteiger partial charge < -0.3 is 14.5 Å². The van der Waals surface area contributed by atoms with Gasteiger partial charge >= 0.3 is 0 Å². The van der Waals surface area contributed by atoms with Gasteiger partial charge in [0.25, 0.3) is 0 Å². The maximum Gasteiger partial charge on any atom is 0.224 e. The highest BCUT2D eigenvalue weighted by Gasteiger charge is 2.43. The Labute approximate surface area is 131 Å². The molecule has 0 unspecified atom stereocenters. The lowest BCUT2D eigenvalue weighted by molar-refractivity contribution is -0.129. The predicted molar refractivity (Wildman–Crippen MR) is 81.1 cm³/mol. The van der Waals surface area contributed by atoms with E-state index in [9.17, 15) is 4.79 Å². The topological polar surface area (TPSA) is 54.7 Å². The summed E-state index contributed by atoms with van der Waals surface area (Å²) in [7, 11) is 0. The summed E-state index contributed by atoms with van der Waals surface area (Å²) >= 11 is 0. The van der Waals surface area contributed by atoms with Crippen LogP contribution in [0.4, 0.5) is 0 Å². The van der Waals surface area contributed by atoms with Crippen LogP contribution in [-0.4, -0.2) is 42.6 Å². The molecule has 1 aromatic rings. The van der Waals surface area contributed by atoms with Crippen molar-refractivity contribution >= 4 is 5.91 Å². The molecule has 5 nitrogen and oxygen atoms in total. The van der Waals surface area contributed by atoms with Crippen molar-refractivity contribution in [3.63, 3.8) is 0 Å². The van der Waals surface area contributed by atoms with E-state index in [0.29, 0.717) is 12.6 Å². The quantitative estimate of drug-likeness (QED) is 0.901. The van der Waals surface area contributed by atoms with Crippen molar-refractivity contribution in [1.82, 2.24) is 10.2 Å². The fraction of sp³-hybridized carbons (Fsp3) is 0.706. The number of furan rings is 1. The van der Waals surface area contributed by atoms with Gasteiger partial charge in [-0.1, -0.05) is 0 Å². The van der Waals surface area contributed by atoms with Crippen molar-refractivity contribution in [2.75, 3.05) is 19.7 Å². The van der Waals surface area contributed by atoms with E-state index in [4.69, 9.17) is 9.15 Å². The lowest BCUT2D eigenvalue weighted by Gasteiger charge is -2.40. The standard InChI is InChI=1S/C17H24N2O3/c20-17(18-9-14-2-1-6-21-14)13-8-16-15(5-7-22-16)19(11-13)10-12-3-4-12/h1-2,6,12-13,15-16H,3-5,7-11H2,(H,18,20)/t13-,15+,16+/m0/s1. The Balaban J connectivity index is 1.36. The van der Waals surface area contributed by atoms with Crippen molar-refractivity contribution in [1.29, 1.82) is 0 Å². The van der Waals surface area contributed by atoms with Gasteiger partial charge in [0, 0.05) is 25.7 Å². The molecular weight excluding hydrogens is 280 g/mol. The highest BCUT2D eigenvalue weighted by Crippen LogP contribution is 2.36. The molecule has 1 N–H and O–H groups in total. The number of piperidine rings is 1. The van der Waals surface area contributed by atoms with Crippen LogP contribution in [0.5, 0.6) is 0 Å². The van der Waals surface area contributed by atoms with E-state index in [2.05, 4.69) is 10.2 Å². The van der Waals surface area contributed by atoms with E-state index in [1.807, 2.05) is 12.1 Å². The van der Waals surface area contributed by atoms with Crippen molar-refractivity contribution in [2.45, 2.75) is 44.4 Å². The SMILES string of the molecule is O=C(NCc1ccco1)[C@H]1C[C@H]2OCC[C@H]2N(CC2CC2)C1. The molecule has 0 bridgehead atoms. The molecule has 22 heavy (non-hydrogen) atoms. The molecule has 0 radical (unpaired) electrons. The van der Waals surface area contributed by atoms with E-state index in [0.717, 1.165) is 44.2 Å². The van der Waals surface area contributed by atoms with E-state index in [1.54, 1.807) is 6.26 Å². The zero-order valence-corrected chi connectivity index (χ0v) is 12.9. The maximum absolute atomic E-state index is 12.5. The van der Waals surface area contributed by atoms with E-state index >= 15 is 0 Å². The van der Waals surface area contributed by atoms with Gasteiger partial charge in [-0.05, 0) is 43.7 Å². The summed E-state index contributed by atoms with van der Waals surface area (Å²) in [6.07, 6.45) is 6.56. The second kappa shape index (κ2) is 6.05. The van der Waals surface area contributed by atoms with Crippen molar-refractivity contribution < 1.29 is 13.9 Å². The third-order valence-corrected chi connectivity index (χ3v) is 5.19. The van der Waals surface area contributed by atoms with Gasteiger partial charge in [-0.3, -0.25) is 9.69 Å². The van der Waals surface area contributed by atoms with Crippen molar-refractivity contribution in [3.05, 3.63) is 24.2 Å². The van der Waals surface area contributed by atoms with Crippen LogP contribution < -0.4 is 5.32 Å². The van der Waals surface area contributed by atoms with E-state index < -0.39 is 0 Å². The number of nitrogens with one attached hydrogen (secondary N) is 1. The Morgan fingerprint density at radius 2 is 2.27 bits per heavy atom. The van der Waals surface area contributed by atoms with Crippen LogP contribution in [0.1, 0.15) is 31.4 Å². The van der Waals surface area contributed by atoms with Crippen LogP contribution in [0.25, 0.3) is 0 Å². The summed E-state index contributed by atoms with van der Waals surface area (Å²) in [5.41, 5.74) is 0. The number of hydrogen-bond donors (Lipinski definition) is 1. The van der Waals surface area contributed by atoms with Crippen LogP contribution in [0, 0.1) is 11.8 Å². The largest absolute Gasteiger partial charge is 0.467 e. The average molecular weight is 304 g/mol. The van der Waals surface area contributed by atoms with Gasteiger partial charge in [-0.25, -0.2) is 0 Å².